The minimum Gasteiger partial charge on any atom is -0.368 e. The van der Waals surface area contributed by atoms with Gasteiger partial charge in [0.05, 0.1) is 17.9 Å². The van der Waals surface area contributed by atoms with Gasteiger partial charge in [-0.25, -0.2) is 24.9 Å². The Morgan fingerprint density at radius 3 is 2.63 bits per heavy atom. The summed E-state index contributed by atoms with van der Waals surface area (Å²) in [6.45, 7) is 9.47. The molecule has 0 unspecified atom stereocenters. The molecule has 0 amide bonds. The molecule has 4 aromatic heterocycles. The van der Waals surface area contributed by atoms with Gasteiger partial charge in [0.25, 0.3) is 0 Å². The molecule has 0 bridgehead atoms. The quantitative estimate of drug-likeness (QED) is 0.552. The van der Waals surface area contributed by atoms with Gasteiger partial charge in [-0.2, -0.15) is 5.10 Å². The maximum atomic E-state index is 5.96. The summed E-state index contributed by atoms with van der Waals surface area (Å²) in [6, 6.07) is 2.12. The van der Waals surface area contributed by atoms with E-state index in [1.54, 1.807) is 18.6 Å². The van der Waals surface area contributed by atoms with E-state index in [0.717, 1.165) is 28.4 Å². The number of aromatic nitrogens is 8. The molecular formula is C20H23N9O. The van der Waals surface area contributed by atoms with Crippen LogP contribution in [0.5, 0.6) is 0 Å². The summed E-state index contributed by atoms with van der Waals surface area (Å²) in [7, 11) is 0. The van der Waals surface area contributed by atoms with Crippen LogP contribution < -0.4 is 5.73 Å². The third kappa shape index (κ3) is 2.83. The zero-order valence-corrected chi connectivity index (χ0v) is 17.4. The highest BCUT2D eigenvalue weighted by atomic mass is 16.5. The molecule has 0 saturated heterocycles. The zero-order chi connectivity index (χ0) is 21.0. The van der Waals surface area contributed by atoms with E-state index in [1.807, 2.05) is 24.6 Å². The maximum Gasteiger partial charge on any atom is 0.219 e. The Morgan fingerprint density at radius 1 is 1.13 bits per heavy atom. The van der Waals surface area contributed by atoms with Crippen molar-refractivity contribution < 1.29 is 4.74 Å². The first kappa shape index (κ1) is 18.6. The molecule has 0 aliphatic carbocycles. The molecule has 5 heterocycles. The third-order valence-corrected chi connectivity index (χ3v) is 5.24. The molecule has 2 N–H and O–H groups in total. The van der Waals surface area contributed by atoms with Crippen LogP contribution in [0.15, 0.2) is 24.7 Å². The van der Waals surface area contributed by atoms with Crippen molar-refractivity contribution in [2.45, 2.75) is 45.9 Å². The van der Waals surface area contributed by atoms with Gasteiger partial charge in [0, 0.05) is 31.2 Å². The molecule has 30 heavy (non-hydrogen) atoms. The third-order valence-electron chi connectivity index (χ3n) is 5.24. The van der Waals surface area contributed by atoms with Gasteiger partial charge in [0.15, 0.2) is 11.5 Å². The number of imidazole rings is 1. The van der Waals surface area contributed by atoms with E-state index in [4.69, 9.17) is 25.4 Å². The minimum atomic E-state index is -0.515. The monoisotopic (exact) mass is 405 g/mol. The maximum absolute atomic E-state index is 5.96. The lowest BCUT2D eigenvalue weighted by Crippen LogP contribution is -2.33. The largest absolute Gasteiger partial charge is 0.368 e. The van der Waals surface area contributed by atoms with Crippen molar-refractivity contribution in [3.05, 3.63) is 30.5 Å². The van der Waals surface area contributed by atoms with Crippen LogP contribution in [0.2, 0.25) is 0 Å². The lowest BCUT2D eigenvalue weighted by Gasteiger charge is -2.30. The van der Waals surface area contributed by atoms with Gasteiger partial charge >= 0.3 is 0 Å². The van der Waals surface area contributed by atoms with E-state index >= 15 is 0 Å². The smallest absolute Gasteiger partial charge is 0.219 e. The number of hydrogen-bond donors (Lipinski definition) is 1. The van der Waals surface area contributed by atoms with E-state index in [0.29, 0.717) is 24.5 Å². The highest BCUT2D eigenvalue weighted by Crippen LogP contribution is 2.35. The van der Waals surface area contributed by atoms with E-state index in [-0.39, 0.29) is 12.0 Å². The Hall–Kier alpha value is -3.40. The number of nitrogen functional groups attached to an aromatic ring is 1. The predicted octanol–water partition coefficient (Wildman–Crippen LogP) is 2.58. The summed E-state index contributed by atoms with van der Waals surface area (Å²) in [5.74, 6) is 1.56. The number of nitrogens with zero attached hydrogens (tertiary/aromatic N) is 8. The van der Waals surface area contributed by atoms with Crippen LogP contribution in [-0.2, 0) is 16.9 Å². The van der Waals surface area contributed by atoms with Gasteiger partial charge in [-0.1, -0.05) is 0 Å². The molecule has 1 aliphatic rings. The van der Waals surface area contributed by atoms with Crippen LogP contribution in [0, 0.1) is 0 Å². The van der Waals surface area contributed by atoms with Crippen LogP contribution >= 0.6 is 0 Å². The zero-order valence-electron chi connectivity index (χ0n) is 17.4. The van der Waals surface area contributed by atoms with Crippen LogP contribution in [-0.4, -0.2) is 45.9 Å². The predicted molar refractivity (Wildman–Crippen MR) is 111 cm³/mol. The summed E-state index contributed by atoms with van der Waals surface area (Å²) in [4.78, 5) is 22.8. The van der Waals surface area contributed by atoms with Gasteiger partial charge < -0.3 is 15.0 Å². The summed E-state index contributed by atoms with van der Waals surface area (Å²) in [6.07, 6.45) is 5.04. The fourth-order valence-corrected chi connectivity index (χ4v) is 3.80. The molecule has 0 spiro atoms. The number of nitrogens with two attached hydrogens (primary N) is 1. The summed E-state index contributed by atoms with van der Waals surface area (Å²) in [5, 5.41) is 4.48. The first-order chi connectivity index (χ1) is 14.3. The Morgan fingerprint density at radius 2 is 1.90 bits per heavy atom. The highest BCUT2D eigenvalue weighted by molar-refractivity contribution is 5.88. The number of ether oxygens (including phenoxy) is 1. The Balaban J connectivity index is 1.84. The normalized spacial score (nSPS) is 15.6. The van der Waals surface area contributed by atoms with Crippen LogP contribution in [0.1, 0.15) is 39.6 Å². The van der Waals surface area contributed by atoms with Gasteiger partial charge in [-0.05, 0) is 33.8 Å². The minimum absolute atomic E-state index is 0.167. The molecule has 10 heteroatoms. The average Bonchev–Trinajstić information content (AvgIpc) is 3.33. The van der Waals surface area contributed by atoms with Crippen molar-refractivity contribution in [2.24, 2.45) is 0 Å². The number of hydrogen-bond acceptors (Lipinski definition) is 8. The van der Waals surface area contributed by atoms with E-state index in [2.05, 4.69) is 33.5 Å². The van der Waals surface area contributed by atoms with E-state index < -0.39 is 5.60 Å². The number of fused-ring (bicyclic) bond motifs is 3. The molecule has 10 nitrogen and oxygen atoms in total. The van der Waals surface area contributed by atoms with Crippen LogP contribution in [0.4, 0.5) is 5.95 Å². The SMILES string of the molecule is CC(C)n1nccc1-c1nc(-c2cnc(N)nc2)nc2c1nc1n2CCOC1(C)C. The highest BCUT2D eigenvalue weighted by Gasteiger charge is 2.34. The first-order valence-corrected chi connectivity index (χ1v) is 9.89. The Labute approximate surface area is 173 Å². The Kier molecular flexibility index (Phi) is 4.07. The first-order valence-electron chi connectivity index (χ1n) is 9.89. The summed E-state index contributed by atoms with van der Waals surface area (Å²) < 4.78 is 10.0. The molecule has 0 aromatic carbocycles. The summed E-state index contributed by atoms with van der Waals surface area (Å²) >= 11 is 0. The van der Waals surface area contributed by atoms with Gasteiger partial charge in [-0.15, -0.1) is 0 Å². The topological polar surface area (TPSA) is 122 Å². The van der Waals surface area contributed by atoms with E-state index in [9.17, 15) is 0 Å². The van der Waals surface area contributed by atoms with Crippen molar-refractivity contribution in [1.29, 1.82) is 0 Å². The summed E-state index contributed by atoms with van der Waals surface area (Å²) in [5.41, 5.74) is 8.91. The fraction of sp³-hybridized carbons (Fsp3) is 0.400. The molecule has 0 atom stereocenters. The van der Waals surface area contributed by atoms with Crippen LogP contribution in [0.3, 0.4) is 0 Å². The molecule has 5 rings (SSSR count). The Bertz CT molecular complexity index is 1240. The van der Waals surface area contributed by atoms with E-state index in [1.165, 1.54) is 0 Å². The lowest BCUT2D eigenvalue weighted by atomic mass is 10.1. The molecule has 0 fully saturated rings. The molecule has 4 aromatic rings. The molecule has 154 valence electrons. The van der Waals surface area contributed by atoms with Gasteiger partial charge in [0.2, 0.25) is 5.95 Å². The second-order valence-corrected chi connectivity index (χ2v) is 8.10. The lowest BCUT2D eigenvalue weighted by molar-refractivity contribution is -0.0530. The van der Waals surface area contributed by atoms with Crippen LogP contribution in [0.25, 0.3) is 33.9 Å². The average molecular weight is 405 g/mol. The number of rotatable bonds is 3. The number of anilines is 1. The van der Waals surface area contributed by atoms with Crippen molar-refractivity contribution in [3.63, 3.8) is 0 Å². The molecular weight excluding hydrogens is 382 g/mol. The van der Waals surface area contributed by atoms with Crippen molar-refractivity contribution in [1.82, 2.24) is 39.3 Å². The molecule has 0 saturated carbocycles. The van der Waals surface area contributed by atoms with Crippen molar-refractivity contribution in [2.75, 3.05) is 12.3 Å². The molecule has 0 radical (unpaired) electrons. The van der Waals surface area contributed by atoms with Gasteiger partial charge in [0.1, 0.15) is 22.6 Å². The second kappa shape index (κ2) is 6.56. The van der Waals surface area contributed by atoms with Crippen molar-refractivity contribution >= 4 is 17.1 Å². The fourth-order valence-electron chi connectivity index (χ4n) is 3.80. The van der Waals surface area contributed by atoms with Gasteiger partial charge in [-0.3, -0.25) is 4.68 Å². The second-order valence-electron chi connectivity index (χ2n) is 8.10. The van der Waals surface area contributed by atoms with Crippen molar-refractivity contribution in [3.8, 4) is 22.8 Å². The standard InChI is InChI=1S/C20H23N9O/c1-11(2)29-13(5-6-24-29)14-15-17(28-7-8-30-20(3,4)18(28)26-15)27-16(25-14)12-9-22-19(21)23-10-12/h5-6,9-11H,7-8H2,1-4H3,(H2,21,22,23). The molecule has 1 aliphatic heterocycles.